The number of esters is 1. The van der Waals surface area contributed by atoms with E-state index < -0.39 is 5.97 Å². The van der Waals surface area contributed by atoms with Gasteiger partial charge in [0.2, 0.25) is 0 Å². The molecule has 0 heterocycles. The average molecular weight is 204 g/mol. The first-order chi connectivity index (χ1) is 7.13. The Morgan fingerprint density at radius 2 is 2.27 bits per heavy atom. The van der Waals surface area contributed by atoms with Gasteiger partial charge in [0, 0.05) is 6.54 Å². The van der Waals surface area contributed by atoms with Gasteiger partial charge in [-0.2, -0.15) is 5.26 Å². The maximum atomic E-state index is 11.4. The molecule has 0 fully saturated rings. The first-order valence-electron chi connectivity index (χ1n) is 4.46. The normalized spacial score (nSPS) is 9.47. The van der Waals surface area contributed by atoms with Crippen LogP contribution >= 0.6 is 0 Å². The highest BCUT2D eigenvalue weighted by molar-refractivity contribution is 5.92. The van der Waals surface area contributed by atoms with Crippen molar-refractivity contribution in [3.63, 3.8) is 0 Å². The molecule has 0 atom stereocenters. The summed E-state index contributed by atoms with van der Waals surface area (Å²) in [6.07, 6.45) is 0. The second-order valence-corrected chi connectivity index (χ2v) is 3.15. The number of benzene rings is 1. The Kier molecular flexibility index (Phi) is 3.42. The summed E-state index contributed by atoms with van der Waals surface area (Å²) in [6, 6.07) is 5.40. The van der Waals surface area contributed by atoms with Crippen molar-refractivity contribution in [3.8, 4) is 6.07 Å². The molecule has 1 rings (SSSR count). The number of methoxy groups -OCH3 is 1. The fraction of sp³-hybridized carbons (Fsp3) is 0.273. The van der Waals surface area contributed by atoms with Gasteiger partial charge in [-0.3, -0.25) is 0 Å². The van der Waals surface area contributed by atoms with Gasteiger partial charge in [0.25, 0.3) is 0 Å². The summed E-state index contributed by atoms with van der Waals surface area (Å²) in [6.45, 7) is 2.07. The van der Waals surface area contributed by atoms with Crippen molar-refractivity contribution in [2.75, 3.05) is 7.11 Å². The standard InChI is InChI=1S/C11H12N2O2/c1-7-3-8(5-12)10(6-13)9(4-7)11(14)15-2/h3-4H,5,12H2,1-2H3. The minimum absolute atomic E-state index is 0.231. The molecule has 15 heavy (non-hydrogen) atoms. The van der Waals surface area contributed by atoms with Crippen molar-refractivity contribution in [2.45, 2.75) is 13.5 Å². The van der Waals surface area contributed by atoms with Crippen LogP contribution in [-0.2, 0) is 11.3 Å². The SMILES string of the molecule is COC(=O)c1cc(C)cc(CN)c1C#N. The molecular formula is C11H12N2O2. The Labute approximate surface area is 88.3 Å². The number of carbonyl (C=O) groups is 1. The van der Waals surface area contributed by atoms with Crippen molar-refractivity contribution >= 4 is 5.97 Å². The van der Waals surface area contributed by atoms with E-state index in [9.17, 15) is 4.79 Å². The topological polar surface area (TPSA) is 76.1 Å². The van der Waals surface area contributed by atoms with Crippen LogP contribution in [-0.4, -0.2) is 13.1 Å². The summed E-state index contributed by atoms with van der Waals surface area (Å²) in [5.74, 6) is -0.509. The summed E-state index contributed by atoms with van der Waals surface area (Å²) in [5.41, 5.74) is 7.63. The van der Waals surface area contributed by atoms with E-state index in [1.54, 1.807) is 12.1 Å². The van der Waals surface area contributed by atoms with E-state index in [0.29, 0.717) is 11.1 Å². The smallest absolute Gasteiger partial charge is 0.339 e. The average Bonchev–Trinajstić information content (AvgIpc) is 2.26. The molecule has 0 aliphatic rings. The summed E-state index contributed by atoms with van der Waals surface area (Å²) < 4.78 is 4.60. The number of ether oxygens (including phenoxy) is 1. The maximum Gasteiger partial charge on any atom is 0.339 e. The van der Waals surface area contributed by atoms with Crippen LogP contribution in [0.4, 0.5) is 0 Å². The van der Waals surface area contributed by atoms with Crippen LogP contribution in [0, 0.1) is 18.3 Å². The van der Waals surface area contributed by atoms with E-state index in [2.05, 4.69) is 4.74 Å². The molecule has 4 heteroatoms. The van der Waals surface area contributed by atoms with Gasteiger partial charge in [-0.15, -0.1) is 0 Å². The highest BCUT2D eigenvalue weighted by Gasteiger charge is 2.15. The Hall–Kier alpha value is -1.86. The number of aryl methyl sites for hydroxylation is 1. The number of rotatable bonds is 2. The van der Waals surface area contributed by atoms with Gasteiger partial charge in [0.05, 0.1) is 18.2 Å². The first kappa shape index (κ1) is 11.2. The number of nitriles is 1. The lowest BCUT2D eigenvalue weighted by atomic mass is 9.99. The highest BCUT2D eigenvalue weighted by atomic mass is 16.5. The monoisotopic (exact) mass is 204 g/mol. The first-order valence-corrected chi connectivity index (χ1v) is 4.46. The van der Waals surface area contributed by atoms with Crippen LogP contribution < -0.4 is 5.73 Å². The van der Waals surface area contributed by atoms with Crippen LogP contribution in [0.25, 0.3) is 0 Å². The van der Waals surface area contributed by atoms with Crippen molar-refractivity contribution < 1.29 is 9.53 Å². The lowest BCUT2D eigenvalue weighted by molar-refractivity contribution is 0.0600. The number of nitrogens with two attached hydrogens (primary N) is 1. The zero-order valence-electron chi connectivity index (χ0n) is 8.70. The van der Waals surface area contributed by atoms with Gasteiger partial charge in [-0.1, -0.05) is 6.07 Å². The summed E-state index contributed by atoms with van der Waals surface area (Å²) in [4.78, 5) is 11.4. The number of carbonyl (C=O) groups excluding carboxylic acids is 1. The highest BCUT2D eigenvalue weighted by Crippen LogP contribution is 2.17. The molecule has 0 unspecified atom stereocenters. The molecule has 1 aromatic rings. The second kappa shape index (κ2) is 4.58. The van der Waals surface area contributed by atoms with Crippen LogP contribution in [0.3, 0.4) is 0 Å². The fourth-order valence-corrected chi connectivity index (χ4v) is 1.43. The molecule has 0 aliphatic heterocycles. The molecular weight excluding hydrogens is 192 g/mol. The Morgan fingerprint density at radius 3 is 2.73 bits per heavy atom. The number of hydrogen-bond acceptors (Lipinski definition) is 4. The molecule has 0 bridgehead atoms. The van der Waals surface area contributed by atoms with Crippen LogP contribution in [0.15, 0.2) is 12.1 Å². The van der Waals surface area contributed by atoms with Gasteiger partial charge in [-0.05, 0) is 24.1 Å². The Morgan fingerprint density at radius 1 is 1.60 bits per heavy atom. The van der Waals surface area contributed by atoms with Gasteiger partial charge >= 0.3 is 5.97 Å². The zero-order valence-corrected chi connectivity index (χ0v) is 8.70. The summed E-state index contributed by atoms with van der Waals surface area (Å²) >= 11 is 0. The van der Waals surface area contributed by atoms with Gasteiger partial charge < -0.3 is 10.5 Å². The van der Waals surface area contributed by atoms with Crippen LogP contribution in [0.5, 0.6) is 0 Å². The minimum Gasteiger partial charge on any atom is -0.465 e. The van der Waals surface area contributed by atoms with E-state index >= 15 is 0 Å². The molecule has 0 aromatic heterocycles. The van der Waals surface area contributed by atoms with Gasteiger partial charge in [0.1, 0.15) is 6.07 Å². The van der Waals surface area contributed by atoms with Gasteiger partial charge in [0.15, 0.2) is 0 Å². The lowest BCUT2D eigenvalue weighted by Crippen LogP contribution is -2.09. The fourth-order valence-electron chi connectivity index (χ4n) is 1.43. The zero-order chi connectivity index (χ0) is 11.4. The van der Waals surface area contributed by atoms with E-state index in [-0.39, 0.29) is 12.1 Å². The molecule has 4 nitrogen and oxygen atoms in total. The van der Waals surface area contributed by atoms with Gasteiger partial charge in [-0.25, -0.2) is 4.79 Å². The predicted octanol–water partition coefficient (Wildman–Crippen LogP) is 1.11. The van der Waals surface area contributed by atoms with E-state index in [1.807, 2.05) is 13.0 Å². The van der Waals surface area contributed by atoms with E-state index in [0.717, 1.165) is 5.56 Å². The third-order valence-electron chi connectivity index (χ3n) is 2.10. The molecule has 0 saturated carbocycles. The molecule has 0 saturated heterocycles. The predicted molar refractivity (Wildman–Crippen MR) is 55.1 cm³/mol. The molecule has 2 N–H and O–H groups in total. The van der Waals surface area contributed by atoms with Crippen molar-refractivity contribution in [2.24, 2.45) is 5.73 Å². The third kappa shape index (κ3) is 2.14. The molecule has 0 aliphatic carbocycles. The third-order valence-corrected chi connectivity index (χ3v) is 2.10. The van der Waals surface area contributed by atoms with Crippen molar-refractivity contribution in [3.05, 3.63) is 34.4 Å². The Balaban J connectivity index is 3.43. The largest absolute Gasteiger partial charge is 0.465 e. The van der Waals surface area contributed by atoms with E-state index in [1.165, 1.54) is 7.11 Å². The van der Waals surface area contributed by atoms with Crippen molar-refractivity contribution in [1.29, 1.82) is 5.26 Å². The van der Waals surface area contributed by atoms with Crippen LogP contribution in [0.2, 0.25) is 0 Å². The molecule has 0 amide bonds. The molecule has 1 aromatic carbocycles. The molecule has 0 spiro atoms. The lowest BCUT2D eigenvalue weighted by Gasteiger charge is -2.07. The molecule has 0 radical (unpaired) electrons. The van der Waals surface area contributed by atoms with Crippen LogP contribution in [0.1, 0.15) is 27.0 Å². The van der Waals surface area contributed by atoms with E-state index in [4.69, 9.17) is 11.0 Å². The summed E-state index contributed by atoms with van der Waals surface area (Å²) in [5, 5.41) is 8.95. The number of nitrogens with zero attached hydrogens (tertiary/aromatic N) is 1. The number of hydrogen-bond donors (Lipinski definition) is 1. The van der Waals surface area contributed by atoms with Crippen molar-refractivity contribution in [1.82, 2.24) is 0 Å². The minimum atomic E-state index is -0.509. The Bertz CT molecular complexity index is 433. The second-order valence-electron chi connectivity index (χ2n) is 3.15. The maximum absolute atomic E-state index is 11.4. The quantitative estimate of drug-likeness (QED) is 0.732. The summed E-state index contributed by atoms with van der Waals surface area (Å²) in [7, 11) is 1.29. The molecule has 78 valence electrons.